The molecule has 0 aromatic carbocycles. The topological polar surface area (TPSA) is 50.4 Å². The van der Waals surface area contributed by atoms with Crippen molar-refractivity contribution in [3.8, 4) is 0 Å². The maximum absolute atomic E-state index is 12.1. The minimum Gasteiger partial charge on any atom is -0.385 e. The summed E-state index contributed by atoms with van der Waals surface area (Å²) in [6.07, 6.45) is 3.74. The van der Waals surface area contributed by atoms with Gasteiger partial charge in [-0.2, -0.15) is 0 Å². The van der Waals surface area contributed by atoms with Gasteiger partial charge in [0, 0.05) is 20.3 Å². The number of amides is 1. The average Bonchev–Trinajstić information content (AvgIpc) is 2.35. The van der Waals surface area contributed by atoms with Crippen LogP contribution in [0.25, 0.3) is 0 Å². The number of piperidine rings is 1. The monoisotopic (exact) mass is 228 g/mol. The van der Waals surface area contributed by atoms with Crippen molar-refractivity contribution in [2.45, 2.75) is 32.6 Å². The Morgan fingerprint density at radius 3 is 2.69 bits per heavy atom. The summed E-state index contributed by atoms with van der Waals surface area (Å²) in [4.78, 5) is 12.1. The fourth-order valence-electron chi connectivity index (χ4n) is 2.25. The molecular weight excluding hydrogens is 204 g/mol. The molecule has 0 bridgehead atoms. The molecule has 0 spiro atoms. The fraction of sp³-hybridized carbons (Fsp3) is 0.917. The number of nitrogens with one attached hydrogen (secondary N) is 2. The Kier molecular flexibility index (Phi) is 5.77. The predicted molar refractivity (Wildman–Crippen MR) is 64.3 cm³/mol. The second kappa shape index (κ2) is 6.86. The summed E-state index contributed by atoms with van der Waals surface area (Å²) in [5.74, 6) is 0.229. The van der Waals surface area contributed by atoms with Gasteiger partial charge in [0.05, 0.1) is 5.41 Å². The fourth-order valence-corrected chi connectivity index (χ4v) is 2.25. The highest BCUT2D eigenvalue weighted by atomic mass is 16.5. The van der Waals surface area contributed by atoms with Gasteiger partial charge in [0.15, 0.2) is 0 Å². The Hall–Kier alpha value is -0.610. The third-order valence-electron chi connectivity index (χ3n) is 3.53. The van der Waals surface area contributed by atoms with Gasteiger partial charge in [-0.3, -0.25) is 4.79 Å². The Morgan fingerprint density at radius 1 is 1.44 bits per heavy atom. The maximum atomic E-state index is 12.1. The largest absolute Gasteiger partial charge is 0.385 e. The van der Waals surface area contributed by atoms with Crippen LogP contribution in [0.2, 0.25) is 0 Å². The molecule has 0 radical (unpaired) electrons. The van der Waals surface area contributed by atoms with E-state index in [1.807, 2.05) is 0 Å². The molecule has 1 heterocycles. The van der Waals surface area contributed by atoms with Gasteiger partial charge in [0.2, 0.25) is 5.91 Å². The Labute approximate surface area is 98.1 Å². The van der Waals surface area contributed by atoms with Gasteiger partial charge >= 0.3 is 0 Å². The first-order valence-electron chi connectivity index (χ1n) is 6.23. The molecule has 1 aliphatic heterocycles. The Morgan fingerprint density at radius 2 is 2.12 bits per heavy atom. The van der Waals surface area contributed by atoms with Crippen LogP contribution in [-0.2, 0) is 9.53 Å². The van der Waals surface area contributed by atoms with E-state index in [-0.39, 0.29) is 11.3 Å². The lowest BCUT2D eigenvalue weighted by molar-refractivity contribution is -0.132. The van der Waals surface area contributed by atoms with Crippen LogP contribution < -0.4 is 10.6 Å². The highest BCUT2D eigenvalue weighted by molar-refractivity contribution is 5.82. The molecule has 0 saturated carbocycles. The highest BCUT2D eigenvalue weighted by Crippen LogP contribution is 2.32. The molecule has 0 unspecified atom stereocenters. The smallest absolute Gasteiger partial charge is 0.226 e. The number of carbonyl (C=O) groups is 1. The number of hydrogen-bond acceptors (Lipinski definition) is 3. The van der Waals surface area contributed by atoms with Crippen molar-refractivity contribution in [1.82, 2.24) is 10.6 Å². The van der Waals surface area contributed by atoms with E-state index in [4.69, 9.17) is 4.74 Å². The molecule has 2 N–H and O–H groups in total. The Bertz CT molecular complexity index is 213. The van der Waals surface area contributed by atoms with E-state index in [9.17, 15) is 4.79 Å². The summed E-state index contributed by atoms with van der Waals surface area (Å²) < 4.78 is 4.96. The summed E-state index contributed by atoms with van der Waals surface area (Å²) in [6.45, 7) is 5.46. The molecule has 1 saturated heterocycles. The van der Waals surface area contributed by atoms with Gasteiger partial charge in [-0.25, -0.2) is 0 Å². The predicted octanol–water partition coefficient (Wildman–Crippen LogP) is 0.919. The number of carbonyl (C=O) groups excluding carboxylic acids is 1. The van der Waals surface area contributed by atoms with Gasteiger partial charge in [-0.15, -0.1) is 0 Å². The third kappa shape index (κ3) is 3.46. The zero-order valence-electron chi connectivity index (χ0n) is 10.5. The number of hydrogen-bond donors (Lipinski definition) is 2. The zero-order valence-corrected chi connectivity index (χ0v) is 10.5. The van der Waals surface area contributed by atoms with Crippen LogP contribution in [0.1, 0.15) is 32.6 Å². The average molecular weight is 228 g/mol. The SMILES string of the molecule is CCC1(C(=O)NCCCOC)CCNCC1. The van der Waals surface area contributed by atoms with Crippen LogP contribution in [-0.4, -0.2) is 39.3 Å². The standard InChI is InChI=1S/C12H24N2O2/c1-3-12(5-8-13-9-6-12)11(15)14-7-4-10-16-2/h13H,3-10H2,1-2H3,(H,14,15). The number of rotatable bonds is 6. The quantitative estimate of drug-likeness (QED) is 0.665. The van der Waals surface area contributed by atoms with E-state index in [1.54, 1.807) is 7.11 Å². The summed E-state index contributed by atoms with van der Waals surface area (Å²) in [6, 6.07) is 0. The van der Waals surface area contributed by atoms with Gasteiger partial charge in [0.1, 0.15) is 0 Å². The number of ether oxygens (including phenoxy) is 1. The summed E-state index contributed by atoms with van der Waals surface area (Å²) in [5.41, 5.74) is -0.127. The molecule has 4 nitrogen and oxygen atoms in total. The minimum absolute atomic E-state index is 0.127. The molecule has 0 aromatic rings. The molecule has 4 heteroatoms. The lowest BCUT2D eigenvalue weighted by Gasteiger charge is -2.35. The van der Waals surface area contributed by atoms with Crippen molar-refractivity contribution in [2.75, 3.05) is 33.4 Å². The molecule has 16 heavy (non-hydrogen) atoms. The van der Waals surface area contributed by atoms with E-state index in [2.05, 4.69) is 17.6 Å². The summed E-state index contributed by atoms with van der Waals surface area (Å²) in [5, 5.41) is 6.34. The Balaban J connectivity index is 2.36. The van der Waals surface area contributed by atoms with Gasteiger partial charge in [-0.1, -0.05) is 6.92 Å². The van der Waals surface area contributed by atoms with E-state index in [0.29, 0.717) is 6.61 Å². The third-order valence-corrected chi connectivity index (χ3v) is 3.53. The summed E-state index contributed by atoms with van der Waals surface area (Å²) in [7, 11) is 1.68. The number of methoxy groups -OCH3 is 1. The van der Waals surface area contributed by atoms with Gasteiger partial charge in [-0.05, 0) is 38.8 Å². The minimum atomic E-state index is -0.127. The molecule has 0 aromatic heterocycles. The van der Waals surface area contributed by atoms with Crippen LogP contribution >= 0.6 is 0 Å². The lowest BCUT2D eigenvalue weighted by atomic mass is 9.76. The molecule has 0 atom stereocenters. The van der Waals surface area contributed by atoms with Crippen molar-refractivity contribution in [3.05, 3.63) is 0 Å². The molecule has 1 aliphatic rings. The lowest BCUT2D eigenvalue weighted by Crippen LogP contribution is -2.47. The molecule has 1 fully saturated rings. The van der Waals surface area contributed by atoms with Gasteiger partial charge in [0.25, 0.3) is 0 Å². The second-order valence-corrected chi connectivity index (χ2v) is 4.49. The molecular formula is C12H24N2O2. The van der Waals surface area contributed by atoms with Crippen LogP contribution in [0.3, 0.4) is 0 Å². The first kappa shape index (κ1) is 13.5. The van der Waals surface area contributed by atoms with Crippen LogP contribution in [0.15, 0.2) is 0 Å². The van der Waals surface area contributed by atoms with E-state index >= 15 is 0 Å². The highest BCUT2D eigenvalue weighted by Gasteiger charge is 2.37. The van der Waals surface area contributed by atoms with E-state index in [1.165, 1.54) is 0 Å². The van der Waals surface area contributed by atoms with Crippen LogP contribution in [0.5, 0.6) is 0 Å². The van der Waals surface area contributed by atoms with Crippen molar-refractivity contribution in [2.24, 2.45) is 5.41 Å². The van der Waals surface area contributed by atoms with E-state index < -0.39 is 0 Å². The molecule has 0 aliphatic carbocycles. The first-order chi connectivity index (χ1) is 7.75. The first-order valence-corrected chi connectivity index (χ1v) is 6.23. The second-order valence-electron chi connectivity index (χ2n) is 4.49. The van der Waals surface area contributed by atoms with Crippen molar-refractivity contribution in [3.63, 3.8) is 0 Å². The van der Waals surface area contributed by atoms with Crippen LogP contribution in [0, 0.1) is 5.41 Å². The van der Waals surface area contributed by atoms with Crippen molar-refractivity contribution >= 4 is 5.91 Å². The van der Waals surface area contributed by atoms with Crippen molar-refractivity contribution < 1.29 is 9.53 Å². The zero-order chi connectivity index (χ0) is 11.9. The van der Waals surface area contributed by atoms with Crippen LogP contribution in [0.4, 0.5) is 0 Å². The summed E-state index contributed by atoms with van der Waals surface area (Å²) >= 11 is 0. The molecule has 1 amide bonds. The maximum Gasteiger partial charge on any atom is 0.226 e. The molecule has 1 rings (SSSR count). The normalized spacial score (nSPS) is 19.4. The van der Waals surface area contributed by atoms with Gasteiger partial charge < -0.3 is 15.4 Å². The van der Waals surface area contributed by atoms with E-state index in [0.717, 1.165) is 45.3 Å². The van der Waals surface area contributed by atoms with Crippen molar-refractivity contribution in [1.29, 1.82) is 0 Å². The molecule has 94 valence electrons.